The van der Waals surface area contributed by atoms with Crippen molar-refractivity contribution >= 4 is 11.7 Å². The average molecular weight is 424 g/mol. The van der Waals surface area contributed by atoms with E-state index in [0.717, 1.165) is 53.6 Å². The van der Waals surface area contributed by atoms with E-state index in [2.05, 4.69) is 44.1 Å². The number of oxime groups is 1. The van der Waals surface area contributed by atoms with E-state index in [1.807, 2.05) is 39.0 Å². The molecule has 0 heterocycles. The molecule has 0 bridgehead atoms. The highest BCUT2D eigenvalue weighted by molar-refractivity contribution is 5.98. The molecule has 0 fully saturated rings. The molecule has 2 aromatic carbocycles. The van der Waals surface area contributed by atoms with Crippen molar-refractivity contribution in [1.82, 2.24) is 0 Å². The first-order chi connectivity index (χ1) is 14.8. The summed E-state index contributed by atoms with van der Waals surface area (Å²) in [5.74, 6) is -0.209. The predicted molar refractivity (Wildman–Crippen MR) is 128 cm³/mol. The summed E-state index contributed by atoms with van der Waals surface area (Å²) in [6.07, 6.45) is 3.69. The van der Waals surface area contributed by atoms with Crippen molar-refractivity contribution < 1.29 is 14.4 Å². The quantitative estimate of drug-likeness (QED) is 0.251. The van der Waals surface area contributed by atoms with E-state index in [0.29, 0.717) is 6.61 Å². The molecule has 2 rings (SSSR count). The summed E-state index contributed by atoms with van der Waals surface area (Å²) in [5.41, 5.74) is 6.85. The number of hydrogen-bond acceptors (Lipinski definition) is 4. The lowest BCUT2D eigenvalue weighted by molar-refractivity contribution is -0.147. The fourth-order valence-corrected chi connectivity index (χ4v) is 4.04. The van der Waals surface area contributed by atoms with Crippen molar-refractivity contribution in [2.24, 2.45) is 5.16 Å². The molecule has 1 atom stereocenters. The monoisotopic (exact) mass is 423 g/mol. The van der Waals surface area contributed by atoms with Gasteiger partial charge in [0.15, 0.2) is 0 Å². The van der Waals surface area contributed by atoms with E-state index in [1.165, 1.54) is 18.2 Å². The Hall–Kier alpha value is -2.62. The van der Waals surface area contributed by atoms with Gasteiger partial charge in [0.2, 0.25) is 0 Å². The van der Waals surface area contributed by atoms with E-state index in [9.17, 15) is 4.79 Å². The third-order valence-electron chi connectivity index (χ3n) is 6.23. The van der Waals surface area contributed by atoms with Gasteiger partial charge in [-0.1, -0.05) is 62.2 Å². The van der Waals surface area contributed by atoms with E-state index in [-0.39, 0.29) is 5.97 Å². The molecule has 31 heavy (non-hydrogen) atoms. The number of carbonyl (C=O) groups is 1. The molecule has 0 aliphatic rings. The van der Waals surface area contributed by atoms with Crippen LogP contribution in [-0.4, -0.2) is 18.8 Å². The summed E-state index contributed by atoms with van der Waals surface area (Å²) < 4.78 is 5.19. The Morgan fingerprint density at radius 2 is 1.84 bits per heavy atom. The SMILES string of the molecule is CCCCC(C)(C(=O)OC)c1cccc(C)c1CO/N=C(\C)c1ccc(C)c(CC)c1. The average Bonchev–Trinajstić information content (AvgIpc) is 2.77. The molecule has 4 heteroatoms. The first-order valence-corrected chi connectivity index (χ1v) is 11.2. The maximum absolute atomic E-state index is 12.8. The molecule has 168 valence electrons. The molecule has 0 aliphatic heterocycles. The number of esters is 1. The molecule has 1 unspecified atom stereocenters. The molecule has 4 nitrogen and oxygen atoms in total. The summed E-state index contributed by atoms with van der Waals surface area (Å²) in [7, 11) is 1.46. The van der Waals surface area contributed by atoms with Gasteiger partial charge < -0.3 is 9.57 Å². The normalized spacial score (nSPS) is 13.6. The van der Waals surface area contributed by atoms with Crippen LogP contribution in [0.25, 0.3) is 0 Å². The van der Waals surface area contributed by atoms with Crippen LogP contribution in [0, 0.1) is 13.8 Å². The van der Waals surface area contributed by atoms with Gasteiger partial charge >= 0.3 is 5.97 Å². The van der Waals surface area contributed by atoms with Crippen molar-refractivity contribution in [3.05, 3.63) is 69.8 Å². The maximum Gasteiger partial charge on any atom is 0.316 e. The summed E-state index contributed by atoms with van der Waals surface area (Å²) >= 11 is 0. The highest BCUT2D eigenvalue weighted by atomic mass is 16.6. The molecule has 0 aliphatic carbocycles. The van der Waals surface area contributed by atoms with Crippen LogP contribution in [0.2, 0.25) is 0 Å². The number of carbonyl (C=O) groups excluding carboxylic acids is 1. The van der Waals surface area contributed by atoms with Crippen molar-refractivity contribution in [2.45, 2.75) is 79.2 Å². The number of hydrogen-bond donors (Lipinski definition) is 0. The van der Waals surface area contributed by atoms with Crippen LogP contribution in [0.1, 0.15) is 80.3 Å². The van der Waals surface area contributed by atoms with Crippen LogP contribution in [0.15, 0.2) is 41.6 Å². The third kappa shape index (κ3) is 5.75. The fourth-order valence-electron chi connectivity index (χ4n) is 4.04. The van der Waals surface area contributed by atoms with Crippen molar-refractivity contribution in [3.8, 4) is 0 Å². The summed E-state index contributed by atoms with van der Waals surface area (Å²) in [6, 6.07) is 12.4. The number of aryl methyl sites for hydroxylation is 3. The van der Waals surface area contributed by atoms with Crippen LogP contribution in [0.3, 0.4) is 0 Å². The Bertz CT molecular complexity index is 932. The van der Waals surface area contributed by atoms with Crippen LogP contribution >= 0.6 is 0 Å². The molecule has 0 radical (unpaired) electrons. The van der Waals surface area contributed by atoms with Crippen molar-refractivity contribution in [3.63, 3.8) is 0 Å². The Kier molecular flexibility index (Phi) is 8.85. The summed E-state index contributed by atoms with van der Waals surface area (Å²) in [5, 5.41) is 4.39. The molecular formula is C27H37NO3. The van der Waals surface area contributed by atoms with Gasteiger partial charge in [-0.25, -0.2) is 0 Å². The number of nitrogens with zero attached hydrogens (tertiary/aromatic N) is 1. The topological polar surface area (TPSA) is 47.9 Å². The largest absolute Gasteiger partial charge is 0.468 e. The smallest absolute Gasteiger partial charge is 0.316 e. The predicted octanol–water partition coefficient (Wildman–Crippen LogP) is 6.43. The minimum atomic E-state index is -0.707. The van der Waals surface area contributed by atoms with Gasteiger partial charge in [-0.2, -0.15) is 0 Å². The van der Waals surface area contributed by atoms with Crippen LogP contribution in [-0.2, 0) is 32.8 Å². The highest BCUT2D eigenvalue weighted by Crippen LogP contribution is 2.35. The molecule has 0 amide bonds. The maximum atomic E-state index is 12.8. The molecule has 0 spiro atoms. The zero-order chi connectivity index (χ0) is 23.0. The molecule has 2 aromatic rings. The lowest BCUT2D eigenvalue weighted by Crippen LogP contribution is -2.35. The molecule has 0 N–H and O–H groups in total. The number of benzene rings is 2. The second-order valence-electron chi connectivity index (χ2n) is 8.47. The summed E-state index contributed by atoms with van der Waals surface area (Å²) in [4.78, 5) is 18.6. The van der Waals surface area contributed by atoms with E-state index in [1.54, 1.807) is 0 Å². The van der Waals surface area contributed by atoms with Crippen molar-refractivity contribution in [2.75, 3.05) is 7.11 Å². The van der Waals surface area contributed by atoms with Gasteiger partial charge in [-0.3, -0.25) is 4.79 Å². The van der Waals surface area contributed by atoms with E-state index in [4.69, 9.17) is 9.57 Å². The molecular weight excluding hydrogens is 386 g/mol. The lowest BCUT2D eigenvalue weighted by atomic mass is 9.75. The van der Waals surface area contributed by atoms with Crippen LogP contribution in [0.5, 0.6) is 0 Å². The number of ether oxygens (including phenoxy) is 1. The number of rotatable bonds is 10. The van der Waals surface area contributed by atoms with E-state index < -0.39 is 5.41 Å². The minimum Gasteiger partial charge on any atom is -0.468 e. The third-order valence-corrected chi connectivity index (χ3v) is 6.23. The second-order valence-corrected chi connectivity index (χ2v) is 8.47. The van der Waals surface area contributed by atoms with Gasteiger partial charge in [0.1, 0.15) is 6.61 Å². The Labute approximate surface area is 187 Å². The second kappa shape index (κ2) is 11.1. The standard InChI is InChI=1S/C27H37NO3/c1-8-10-16-27(6,26(29)30-7)25-13-11-12-20(4)24(25)18-31-28-21(5)23-15-14-19(3)22(9-2)17-23/h11-15,17H,8-10,16,18H2,1-7H3/b28-21+. The molecule has 0 aromatic heterocycles. The van der Waals surface area contributed by atoms with E-state index >= 15 is 0 Å². The number of unbranched alkanes of at least 4 members (excludes halogenated alkanes) is 1. The Balaban J connectivity index is 2.31. The first kappa shape index (κ1) is 24.6. The molecule has 0 saturated heterocycles. The van der Waals surface area contributed by atoms with Crippen LogP contribution in [0.4, 0.5) is 0 Å². The van der Waals surface area contributed by atoms with Crippen LogP contribution < -0.4 is 0 Å². The lowest BCUT2D eigenvalue weighted by Gasteiger charge is -2.30. The Morgan fingerprint density at radius 1 is 1.10 bits per heavy atom. The first-order valence-electron chi connectivity index (χ1n) is 11.2. The summed E-state index contributed by atoms with van der Waals surface area (Å²) in [6.45, 7) is 12.7. The number of methoxy groups -OCH3 is 1. The zero-order valence-corrected chi connectivity index (χ0v) is 20.2. The highest BCUT2D eigenvalue weighted by Gasteiger charge is 2.37. The van der Waals surface area contributed by atoms with Gasteiger partial charge in [0.25, 0.3) is 0 Å². The van der Waals surface area contributed by atoms with Gasteiger partial charge in [-0.15, -0.1) is 0 Å². The Morgan fingerprint density at radius 3 is 2.48 bits per heavy atom. The minimum absolute atomic E-state index is 0.209. The van der Waals surface area contributed by atoms with Gasteiger partial charge in [0.05, 0.1) is 18.2 Å². The van der Waals surface area contributed by atoms with Crippen molar-refractivity contribution in [1.29, 1.82) is 0 Å². The van der Waals surface area contributed by atoms with Gasteiger partial charge in [-0.05, 0) is 80.0 Å². The zero-order valence-electron chi connectivity index (χ0n) is 20.2. The fraction of sp³-hybridized carbons (Fsp3) is 0.481. The van der Waals surface area contributed by atoms with Gasteiger partial charge in [0, 0.05) is 0 Å². The molecule has 0 saturated carbocycles.